The second kappa shape index (κ2) is 7.13. The average molecular weight is 410 g/mol. The van der Waals surface area contributed by atoms with Crippen molar-refractivity contribution in [1.29, 1.82) is 0 Å². The van der Waals surface area contributed by atoms with Gasteiger partial charge in [-0.25, -0.2) is 0 Å². The Labute approximate surface area is 161 Å². The lowest BCUT2D eigenvalue weighted by molar-refractivity contribution is 0.408. The van der Waals surface area contributed by atoms with E-state index in [2.05, 4.69) is 80.0 Å². The van der Waals surface area contributed by atoms with Crippen LogP contribution in [-0.4, -0.2) is 46.0 Å². The molecule has 0 saturated carbocycles. The quantitative estimate of drug-likeness (QED) is 0.662. The van der Waals surface area contributed by atoms with Crippen molar-refractivity contribution < 1.29 is 0 Å². The maximum absolute atomic E-state index is 4.89. The molecule has 1 aromatic heterocycles. The van der Waals surface area contributed by atoms with Crippen molar-refractivity contribution in [1.82, 2.24) is 19.7 Å². The molecule has 0 fully saturated rings. The molecule has 0 unspecified atom stereocenters. The number of aromatic nitrogens is 3. The van der Waals surface area contributed by atoms with E-state index in [-0.39, 0.29) is 0 Å². The van der Waals surface area contributed by atoms with Gasteiger partial charge in [-0.15, -0.1) is 10.2 Å². The van der Waals surface area contributed by atoms with Gasteiger partial charge in [0.2, 0.25) is 0 Å². The second-order valence-corrected chi connectivity index (χ2v) is 7.53. The maximum atomic E-state index is 4.89. The molecule has 5 nitrogen and oxygen atoms in total. The maximum Gasteiger partial charge on any atom is 0.159 e. The fourth-order valence-corrected chi connectivity index (χ4v) is 3.55. The standard InChI is InChI=1S/C20H20BrN5/c1-25(2)11-10-18-23-24-19-13-22-20(14-6-4-3-5-7-14)16-12-15(21)8-9-17(16)26(18)19/h3-9,12H,10-11,13H2,1-2H3. The lowest BCUT2D eigenvalue weighted by Gasteiger charge is -2.15. The van der Waals surface area contributed by atoms with E-state index in [9.17, 15) is 0 Å². The highest BCUT2D eigenvalue weighted by molar-refractivity contribution is 9.10. The van der Waals surface area contributed by atoms with Gasteiger partial charge in [-0.2, -0.15) is 0 Å². The highest BCUT2D eigenvalue weighted by Crippen LogP contribution is 2.28. The molecule has 0 spiro atoms. The fourth-order valence-electron chi connectivity index (χ4n) is 3.19. The number of nitrogens with zero attached hydrogens (tertiary/aromatic N) is 5. The molecule has 0 amide bonds. The van der Waals surface area contributed by atoms with Crippen LogP contribution in [0.2, 0.25) is 0 Å². The zero-order chi connectivity index (χ0) is 18.1. The number of likely N-dealkylation sites (N-methyl/N-ethyl adjacent to an activating group) is 1. The molecule has 3 aromatic rings. The Bertz CT molecular complexity index is 960. The minimum Gasteiger partial charge on any atom is -0.309 e. The molecule has 26 heavy (non-hydrogen) atoms. The number of hydrogen-bond donors (Lipinski definition) is 0. The van der Waals surface area contributed by atoms with Crippen LogP contribution in [0, 0.1) is 0 Å². The van der Waals surface area contributed by atoms with Crippen LogP contribution in [0.25, 0.3) is 5.69 Å². The molecule has 0 aliphatic carbocycles. The Morgan fingerprint density at radius 2 is 1.88 bits per heavy atom. The van der Waals surface area contributed by atoms with Crippen LogP contribution < -0.4 is 0 Å². The summed E-state index contributed by atoms with van der Waals surface area (Å²) in [7, 11) is 4.14. The van der Waals surface area contributed by atoms with Crippen molar-refractivity contribution in [2.75, 3.05) is 20.6 Å². The molecule has 0 atom stereocenters. The minimum atomic E-state index is 0.519. The monoisotopic (exact) mass is 409 g/mol. The average Bonchev–Trinajstić information content (AvgIpc) is 2.97. The Kier molecular flexibility index (Phi) is 4.70. The summed E-state index contributed by atoms with van der Waals surface area (Å²) in [6.45, 7) is 1.45. The molecule has 4 rings (SSSR count). The molecular formula is C20H20BrN5. The normalized spacial score (nSPS) is 13.2. The van der Waals surface area contributed by atoms with E-state index in [4.69, 9.17) is 4.99 Å². The molecular weight excluding hydrogens is 390 g/mol. The molecule has 0 saturated heterocycles. The van der Waals surface area contributed by atoms with Gasteiger partial charge in [-0.05, 0) is 32.3 Å². The van der Waals surface area contributed by atoms with Gasteiger partial charge in [0, 0.05) is 28.6 Å². The van der Waals surface area contributed by atoms with Gasteiger partial charge in [0.25, 0.3) is 0 Å². The van der Waals surface area contributed by atoms with E-state index >= 15 is 0 Å². The summed E-state index contributed by atoms with van der Waals surface area (Å²) in [5.41, 5.74) is 4.28. The number of benzene rings is 2. The van der Waals surface area contributed by atoms with Crippen molar-refractivity contribution in [2.45, 2.75) is 13.0 Å². The van der Waals surface area contributed by atoms with Crippen LogP contribution in [0.3, 0.4) is 0 Å². The first-order valence-corrected chi connectivity index (χ1v) is 9.41. The number of rotatable bonds is 4. The van der Waals surface area contributed by atoms with Crippen molar-refractivity contribution in [3.8, 4) is 5.69 Å². The highest BCUT2D eigenvalue weighted by atomic mass is 79.9. The SMILES string of the molecule is CN(C)CCc1nnc2n1-c1ccc(Br)cc1C(c1ccccc1)=NC2. The number of fused-ring (bicyclic) bond motifs is 3. The van der Waals surface area contributed by atoms with Crippen molar-refractivity contribution in [3.63, 3.8) is 0 Å². The summed E-state index contributed by atoms with van der Waals surface area (Å²) in [6.07, 6.45) is 0.843. The summed E-state index contributed by atoms with van der Waals surface area (Å²) >= 11 is 3.61. The van der Waals surface area contributed by atoms with Gasteiger partial charge >= 0.3 is 0 Å². The molecule has 1 aliphatic heterocycles. The van der Waals surface area contributed by atoms with Gasteiger partial charge in [-0.3, -0.25) is 9.56 Å². The van der Waals surface area contributed by atoms with Crippen molar-refractivity contribution in [3.05, 3.63) is 75.8 Å². The number of aliphatic imine (C=N–C) groups is 1. The Morgan fingerprint density at radius 1 is 1.08 bits per heavy atom. The van der Waals surface area contributed by atoms with Gasteiger partial charge < -0.3 is 4.90 Å². The minimum absolute atomic E-state index is 0.519. The van der Waals surface area contributed by atoms with Crippen LogP contribution in [0.4, 0.5) is 0 Å². The van der Waals surface area contributed by atoms with E-state index in [1.54, 1.807) is 0 Å². The Balaban J connectivity index is 1.87. The smallest absolute Gasteiger partial charge is 0.159 e. The Morgan fingerprint density at radius 3 is 2.65 bits per heavy atom. The summed E-state index contributed by atoms with van der Waals surface area (Å²) in [4.78, 5) is 7.05. The van der Waals surface area contributed by atoms with Gasteiger partial charge in [0.1, 0.15) is 12.4 Å². The lowest BCUT2D eigenvalue weighted by Crippen LogP contribution is -2.18. The summed E-state index contributed by atoms with van der Waals surface area (Å²) in [5.74, 6) is 1.86. The third-order valence-corrected chi connectivity index (χ3v) is 4.95. The van der Waals surface area contributed by atoms with Crippen molar-refractivity contribution in [2.24, 2.45) is 4.99 Å². The number of hydrogen-bond acceptors (Lipinski definition) is 4. The third-order valence-electron chi connectivity index (χ3n) is 4.46. The molecule has 2 heterocycles. The first-order chi connectivity index (χ1) is 12.6. The van der Waals surface area contributed by atoms with Crippen LogP contribution in [0.5, 0.6) is 0 Å². The lowest BCUT2D eigenvalue weighted by atomic mass is 10.0. The summed E-state index contributed by atoms with van der Waals surface area (Å²) in [5, 5.41) is 8.86. The summed E-state index contributed by atoms with van der Waals surface area (Å²) < 4.78 is 3.20. The van der Waals surface area contributed by atoms with Crippen LogP contribution in [0.15, 0.2) is 58.0 Å². The van der Waals surface area contributed by atoms with E-state index in [0.717, 1.165) is 51.6 Å². The first-order valence-electron chi connectivity index (χ1n) is 8.61. The van der Waals surface area contributed by atoms with E-state index in [1.807, 2.05) is 18.2 Å². The largest absolute Gasteiger partial charge is 0.309 e. The van der Waals surface area contributed by atoms with Crippen molar-refractivity contribution >= 4 is 21.6 Å². The fraction of sp³-hybridized carbons (Fsp3) is 0.250. The first kappa shape index (κ1) is 17.1. The molecule has 6 heteroatoms. The Hall–Kier alpha value is -2.31. The van der Waals surface area contributed by atoms with E-state index in [0.29, 0.717) is 6.54 Å². The van der Waals surface area contributed by atoms with E-state index in [1.165, 1.54) is 0 Å². The molecule has 0 bridgehead atoms. The van der Waals surface area contributed by atoms with Crippen LogP contribution in [0.1, 0.15) is 22.8 Å². The number of halogens is 1. The zero-order valence-electron chi connectivity index (χ0n) is 14.9. The molecule has 132 valence electrons. The topological polar surface area (TPSA) is 46.3 Å². The third kappa shape index (κ3) is 3.22. The van der Waals surface area contributed by atoms with Gasteiger partial charge in [0.15, 0.2) is 5.82 Å². The van der Waals surface area contributed by atoms with Gasteiger partial charge in [0.05, 0.1) is 11.4 Å². The molecule has 0 radical (unpaired) electrons. The van der Waals surface area contributed by atoms with E-state index < -0.39 is 0 Å². The summed E-state index contributed by atoms with van der Waals surface area (Å²) in [6, 6.07) is 16.6. The molecule has 2 aromatic carbocycles. The zero-order valence-corrected chi connectivity index (χ0v) is 16.4. The van der Waals surface area contributed by atoms with Crippen LogP contribution >= 0.6 is 15.9 Å². The second-order valence-electron chi connectivity index (χ2n) is 6.61. The molecule has 1 aliphatic rings. The predicted molar refractivity (Wildman–Crippen MR) is 107 cm³/mol. The highest BCUT2D eigenvalue weighted by Gasteiger charge is 2.23. The molecule has 0 N–H and O–H groups in total. The van der Waals surface area contributed by atoms with Crippen LogP contribution in [-0.2, 0) is 13.0 Å². The van der Waals surface area contributed by atoms with Gasteiger partial charge in [-0.1, -0.05) is 46.3 Å². The predicted octanol–water partition coefficient (Wildman–Crippen LogP) is 3.48.